The van der Waals surface area contributed by atoms with Crippen molar-refractivity contribution in [3.05, 3.63) is 64.4 Å². The van der Waals surface area contributed by atoms with E-state index >= 15 is 0 Å². The molecule has 9 nitrogen and oxygen atoms in total. The summed E-state index contributed by atoms with van der Waals surface area (Å²) in [4.78, 5) is 26.0. The zero-order valence-corrected chi connectivity index (χ0v) is 18.5. The normalized spacial score (nSPS) is 26.2. The molecule has 34 heavy (non-hydrogen) atoms. The number of nitrogens with one attached hydrogen (secondary N) is 2. The molecule has 3 saturated heterocycles. The van der Waals surface area contributed by atoms with Crippen molar-refractivity contribution in [3.8, 4) is 5.75 Å². The van der Waals surface area contributed by atoms with Crippen LogP contribution < -0.4 is 25.8 Å². The van der Waals surface area contributed by atoms with Crippen LogP contribution in [0.2, 0.25) is 0 Å². The van der Waals surface area contributed by atoms with Gasteiger partial charge in [0.05, 0.1) is 17.7 Å². The lowest BCUT2D eigenvalue weighted by Crippen LogP contribution is -2.49. The molecule has 8 rings (SSSR count). The number of carbonyl (C=O) groups is 1. The predicted octanol–water partition coefficient (Wildman–Crippen LogP) is 1.96. The number of ether oxygens (including phenoxy) is 3. The molecule has 0 unspecified atom stereocenters. The van der Waals surface area contributed by atoms with Gasteiger partial charge in [0, 0.05) is 43.7 Å². The van der Waals surface area contributed by atoms with Crippen LogP contribution in [-0.4, -0.2) is 48.9 Å². The number of rotatable bonds is 6. The fraction of sp³-hybridized carbons (Fsp3) is 0.360. The lowest BCUT2D eigenvalue weighted by Gasteiger charge is -2.37. The fourth-order valence-corrected chi connectivity index (χ4v) is 5.52. The average molecular weight is 460 g/mol. The van der Waals surface area contributed by atoms with Gasteiger partial charge in [-0.2, -0.15) is 0 Å². The SMILES string of the molecule is O=C1COc2ccc(N3CC4(CCNC[C@@H]5Cn6c(=O)ccc7cccc5c76)OC3O4)cc2N1. The molecule has 174 valence electrons. The van der Waals surface area contributed by atoms with Crippen LogP contribution >= 0.6 is 0 Å². The van der Waals surface area contributed by atoms with Crippen LogP contribution in [0.25, 0.3) is 10.9 Å². The van der Waals surface area contributed by atoms with Gasteiger partial charge in [-0.25, -0.2) is 0 Å². The molecule has 3 fully saturated rings. The largest absolute Gasteiger partial charge is 0.482 e. The number of hydrogen-bond acceptors (Lipinski definition) is 7. The fourth-order valence-electron chi connectivity index (χ4n) is 5.52. The van der Waals surface area contributed by atoms with Crippen LogP contribution in [-0.2, 0) is 20.8 Å². The van der Waals surface area contributed by atoms with Gasteiger partial charge in [-0.15, -0.1) is 0 Å². The first-order valence-corrected chi connectivity index (χ1v) is 11.6. The molecule has 0 saturated carbocycles. The smallest absolute Gasteiger partial charge is 0.262 e. The topological polar surface area (TPSA) is 94.1 Å². The van der Waals surface area contributed by atoms with E-state index in [-0.39, 0.29) is 24.0 Å². The van der Waals surface area contributed by atoms with Gasteiger partial charge >= 0.3 is 0 Å². The number of hydrogen-bond donors (Lipinski definition) is 2. The van der Waals surface area contributed by atoms with Crippen molar-refractivity contribution in [2.24, 2.45) is 0 Å². The first-order valence-electron chi connectivity index (χ1n) is 11.6. The molecule has 1 aromatic heterocycles. The van der Waals surface area contributed by atoms with E-state index in [0.29, 0.717) is 30.9 Å². The van der Waals surface area contributed by atoms with Crippen LogP contribution in [0.15, 0.2) is 53.3 Å². The van der Waals surface area contributed by atoms with Gasteiger partial charge in [0.25, 0.3) is 11.5 Å². The Morgan fingerprint density at radius 1 is 1.12 bits per heavy atom. The molecule has 0 radical (unpaired) electrons. The third kappa shape index (κ3) is 3.04. The highest BCUT2D eigenvalue weighted by molar-refractivity contribution is 5.96. The second-order valence-corrected chi connectivity index (χ2v) is 9.32. The number of fused-ring (bicyclic) bond motifs is 2. The van der Waals surface area contributed by atoms with Gasteiger partial charge in [-0.1, -0.05) is 18.2 Å². The highest BCUT2D eigenvalue weighted by atomic mass is 16.9. The standard InChI is InChI=1S/C25H24N4O5/c30-21-13-32-20-6-5-17(10-19(20)27-21)29-14-25(33-24(29)34-25)8-9-26-11-16-12-28-22(31)7-4-15-2-1-3-18(16)23(15)28/h1-7,10,16,24,26H,8-9,11-14H2,(H,27,30)/t16-,24?,25?/m1/s1. The summed E-state index contributed by atoms with van der Waals surface area (Å²) in [7, 11) is 0. The number of para-hydroxylation sites is 1. The first-order chi connectivity index (χ1) is 16.6. The first kappa shape index (κ1) is 20.0. The molecule has 0 spiro atoms. The molecule has 9 heteroatoms. The van der Waals surface area contributed by atoms with Crippen LogP contribution in [0.4, 0.5) is 11.4 Å². The number of pyridine rings is 1. The number of carbonyl (C=O) groups excluding carboxylic acids is 1. The van der Waals surface area contributed by atoms with Crippen molar-refractivity contribution in [3.63, 3.8) is 0 Å². The molecule has 0 aliphatic carbocycles. The maximum Gasteiger partial charge on any atom is 0.262 e. The van der Waals surface area contributed by atoms with E-state index < -0.39 is 12.2 Å². The van der Waals surface area contributed by atoms with Crippen molar-refractivity contribution >= 4 is 28.2 Å². The summed E-state index contributed by atoms with van der Waals surface area (Å²) in [5.41, 5.74) is 3.94. The van der Waals surface area contributed by atoms with E-state index in [1.807, 2.05) is 28.8 Å². The highest BCUT2D eigenvalue weighted by Crippen LogP contribution is 2.46. The monoisotopic (exact) mass is 460 g/mol. The summed E-state index contributed by atoms with van der Waals surface area (Å²) in [6.45, 7) is 2.89. The van der Waals surface area contributed by atoms with E-state index in [0.717, 1.165) is 29.7 Å². The van der Waals surface area contributed by atoms with Gasteiger partial charge in [0.2, 0.25) is 6.41 Å². The van der Waals surface area contributed by atoms with Crippen molar-refractivity contribution < 1.29 is 19.0 Å². The van der Waals surface area contributed by atoms with Crippen molar-refractivity contribution in [2.75, 3.05) is 36.5 Å². The Balaban J connectivity index is 0.973. The Kier molecular flexibility index (Phi) is 4.30. The minimum atomic E-state index is -0.622. The molecule has 1 atom stereocenters. The molecule has 5 aliphatic heterocycles. The summed E-state index contributed by atoms with van der Waals surface area (Å²) in [6, 6.07) is 15.5. The lowest BCUT2D eigenvalue weighted by atomic mass is 10.00. The lowest BCUT2D eigenvalue weighted by molar-refractivity contribution is -0.405. The van der Waals surface area contributed by atoms with Crippen LogP contribution in [0, 0.1) is 0 Å². The number of nitrogens with zero attached hydrogens (tertiary/aromatic N) is 2. The zero-order valence-electron chi connectivity index (χ0n) is 18.5. The van der Waals surface area contributed by atoms with E-state index in [1.54, 1.807) is 6.07 Å². The summed E-state index contributed by atoms with van der Waals surface area (Å²) < 4.78 is 19.4. The summed E-state index contributed by atoms with van der Waals surface area (Å²) >= 11 is 0. The van der Waals surface area contributed by atoms with E-state index in [9.17, 15) is 9.59 Å². The minimum Gasteiger partial charge on any atom is -0.482 e. The molecular formula is C25H24N4O5. The van der Waals surface area contributed by atoms with Crippen molar-refractivity contribution in [1.29, 1.82) is 0 Å². The van der Waals surface area contributed by atoms with E-state index in [4.69, 9.17) is 14.2 Å². The summed E-state index contributed by atoms with van der Waals surface area (Å²) in [6.07, 6.45) is 0.307. The number of aromatic nitrogens is 1. The third-order valence-corrected chi connectivity index (χ3v) is 7.18. The number of amides is 1. The molecule has 3 aromatic rings. The van der Waals surface area contributed by atoms with Gasteiger partial charge in [-0.3, -0.25) is 9.59 Å². The quantitative estimate of drug-likeness (QED) is 0.543. The van der Waals surface area contributed by atoms with Gasteiger partial charge < -0.3 is 34.3 Å². The molecule has 2 N–H and O–H groups in total. The van der Waals surface area contributed by atoms with Crippen LogP contribution in [0.3, 0.4) is 0 Å². The average Bonchev–Trinajstić information content (AvgIpc) is 3.50. The molecular weight excluding hydrogens is 436 g/mol. The second-order valence-electron chi connectivity index (χ2n) is 9.32. The Labute approximate surface area is 195 Å². The Morgan fingerprint density at radius 2 is 2.03 bits per heavy atom. The number of benzene rings is 2. The maximum atomic E-state index is 12.3. The molecule has 5 aliphatic rings. The summed E-state index contributed by atoms with van der Waals surface area (Å²) in [5.74, 6) is 0.156. The van der Waals surface area contributed by atoms with Gasteiger partial charge in [-0.05, 0) is 35.2 Å². The highest BCUT2D eigenvalue weighted by Gasteiger charge is 2.58. The Hall–Kier alpha value is -3.40. The minimum absolute atomic E-state index is 0.0415. The van der Waals surface area contributed by atoms with Crippen LogP contribution in [0.5, 0.6) is 5.75 Å². The van der Waals surface area contributed by atoms with Crippen molar-refractivity contribution in [1.82, 2.24) is 9.88 Å². The van der Waals surface area contributed by atoms with Gasteiger partial charge in [0.15, 0.2) is 12.4 Å². The number of anilines is 2. The summed E-state index contributed by atoms with van der Waals surface area (Å²) in [5, 5.41) is 7.50. The maximum absolute atomic E-state index is 12.3. The molecule has 6 heterocycles. The third-order valence-electron chi connectivity index (χ3n) is 7.18. The van der Waals surface area contributed by atoms with E-state index in [1.165, 1.54) is 5.56 Å². The van der Waals surface area contributed by atoms with Gasteiger partial charge in [0.1, 0.15) is 5.75 Å². The van der Waals surface area contributed by atoms with Crippen molar-refractivity contribution in [2.45, 2.75) is 31.1 Å². The predicted molar refractivity (Wildman–Crippen MR) is 125 cm³/mol. The second kappa shape index (κ2) is 7.30. The Bertz CT molecular complexity index is 1380. The molecule has 2 bridgehead atoms. The molecule has 2 aromatic carbocycles. The molecule has 1 amide bonds. The van der Waals surface area contributed by atoms with Crippen LogP contribution in [0.1, 0.15) is 17.9 Å². The van der Waals surface area contributed by atoms with E-state index in [2.05, 4.69) is 33.7 Å². The zero-order chi connectivity index (χ0) is 22.9. The Morgan fingerprint density at radius 3 is 2.94 bits per heavy atom.